The number of piperidine rings is 1. The molecule has 2 aliphatic heterocycles. The normalized spacial score (nSPS) is 18.6. The second-order valence-electron chi connectivity index (χ2n) is 10.1. The molecule has 0 spiro atoms. The van der Waals surface area contributed by atoms with Crippen LogP contribution in [-0.2, 0) is 14.3 Å². The van der Waals surface area contributed by atoms with E-state index >= 15 is 0 Å². The van der Waals surface area contributed by atoms with Gasteiger partial charge in [0.25, 0.3) is 0 Å². The third-order valence-electron chi connectivity index (χ3n) is 6.07. The van der Waals surface area contributed by atoms with E-state index < -0.39 is 5.60 Å². The molecule has 3 rings (SSSR count). The van der Waals surface area contributed by atoms with E-state index in [4.69, 9.17) is 14.2 Å². The molecule has 2 aliphatic rings. The fourth-order valence-corrected chi connectivity index (χ4v) is 4.19. The number of likely N-dealkylation sites (tertiary alicyclic amines) is 1. The van der Waals surface area contributed by atoms with Gasteiger partial charge in [0.2, 0.25) is 0 Å². The van der Waals surface area contributed by atoms with E-state index in [1.54, 1.807) is 4.90 Å². The van der Waals surface area contributed by atoms with Crippen molar-refractivity contribution in [2.75, 3.05) is 59.0 Å². The van der Waals surface area contributed by atoms with Crippen LogP contribution in [0.3, 0.4) is 0 Å². The van der Waals surface area contributed by atoms with Crippen LogP contribution in [0.25, 0.3) is 6.08 Å². The molecule has 2 saturated heterocycles. The Kier molecular flexibility index (Phi) is 9.98. The smallest absolute Gasteiger partial charge is 0.410 e. The molecule has 0 aromatic heterocycles. The first kappa shape index (κ1) is 27.0. The van der Waals surface area contributed by atoms with E-state index in [0.717, 1.165) is 56.9 Å². The minimum absolute atomic E-state index is 0.109. The lowest BCUT2D eigenvalue weighted by Crippen LogP contribution is -2.48. The minimum atomic E-state index is -0.471. The molecule has 2 heterocycles. The molecular weight excluding hydrogens is 446 g/mol. The van der Waals surface area contributed by atoms with Gasteiger partial charge in [0.15, 0.2) is 0 Å². The number of carbonyl (C=O) groups is 2. The van der Waals surface area contributed by atoms with Crippen molar-refractivity contribution in [1.82, 2.24) is 14.7 Å². The molecule has 0 bridgehead atoms. The van der Waals surface area contributed by atoms with Crippen LogP contribution < -0.4 is 4.74 Å². The summed E-state index contributed by atoms with van der Waals surface area (Å²) in [6, 6.07) is 8.15. The first-order valence-electron chi connectivity index (χ1n) is 12.7. The average Bonchev–Trinajstić information content (AvgIpc) is 2.81. The van der Waals surface area contributed by atoms with Crippen LogP contribution in [0.1, 0.15) is 46.1 Å². The molecule has 0 aliphatic carbocycles. The van der Waals surface area contributed by atoms with Crippen LogP contribution >= 0.6 is 0 Å². The fourth-order valence-electron chi connectivity index (χ4n) is 4.19. The van der Waals surface area contributed by atoms with Gasteiger partial charge in [-0.2, -0.15) is 0 Å². The quantitative estimate of drug-likeness (QED) is 0.518. The number of carbonyl (C=O) groups excluding carboxylic acids is 2. The summed E-state index contributed by atoms with van der Waals surface area (Å²) in [7, 11) is 0. The average molecular weight is 488 g/mol. The van der Waals surface area contributed by atoms with Crippen molar-refractivity contribution < 1.29 is 23.8 Å². The summed E-state index contributed by atoms with van der Waals surface area (Å²) in [6.07, 6.45) is 5.78. The lowest BCUT2D eigenvalue weighted by atomic mass is 10.1. The lowest BCUT2D eigenvalue weighted by Gasteiger charge is -2.33. The number of nitrogens with zero attached hydrogens (tertiary/aromatic N) is 3. The zero-order valence-electron chi connectivity index (χ0n) is 21.7. The number of ether oxygens (including phenoxy) is 3. The molecule has 0 unspecified atom stereocenters. The van der Waals surface area contributed by atoms with Crippen LogP contribution in [0.5, 0.6) is 5.75 Å². The van der Waals surface area contributed by atoms with Gasteiger partial charge in [-0.25, -0.2) is 4.79 Å². The molecule has 0 atom stereocenters. The largest absolute Gasteiger partial charge is 0.490 e. The second-order valence-corrected chi connectivity index (χ2v) is 10.1. The number of esters is 1. The molecular formula is C27H41N3O5. The number of rotatable bonds is 8. The Hall–Kier alpha value is -2.58. The lowest BCUT2D eigenvalue weighted by molar-refractivity contribution is -0.144. The van der Waals surface area contributed by atoms with Crippen molar-refractivity contribution in [2.45, 2.75) is 52.2 Å². The molecule has 194 valence electrons. The molecule has 0 radical (unpaired) electrons. The van der Waals surface area contributed by atoms with Crippen molar-refractivity contribution in [3.05, 3.63) is 35.9 Å². The van der Waals surface area contributed by atoms with E-state index in [2.05, 4.69) is 34.1 Å². The standard InChI is InChI=1S/C27H41N3O5/c1-5-33-25(31)21-29-19-17-28(18-20-29)14-6-7-22-8-10-23(11-9-22)34-24-12-15-30(16-13-24)26(32)35-27(2,3)4/h6-11,24H,5,12-21H2,1-4H3/b7-6+. The first-order chi connectivity index (χ1) is 16.7. The maximum atomic E-state index is 12.2. The summed E-state index contributed by atoms with van der Waals surface area (Å²) < 4.78 is 16.6. The van der Waals surface area contributed by atoms with Gasteiger partial charge in [-0.3, -0.25) is 14.6 Å². The number of benzene rings is 1. The van der Waals surface area contributed by atoms with Crippen LogP contribution in [0.2, 0.25) is 0 Å². The maximum absolute atomic E-state index is 12.2. The van der Waals surface area contributed by atoms with Crippen LogP contribution in [0, 0.1) is 0 Å². The Morgan fingerprint density at radius 3 is 2.20 bits per heavy atom. The Balaban J connectivity index is 1.35. The first-order valence-corrected chi connectivity index (χ1v) is 12.7. The fraction of sp³-hybridized carbons (Fsp3) is 0.630. The van der Waals surface area contributed by atoms with Gasteiger partial charge in [0.1, 0.15) is 17.5 Å². The highest BCUT2D eigenvalue weighted by atomic mass is 16.6. The topological polar surface area (TPSA) is 71.6 Å². The summed E-state index contributed by atoms with van der Waals surface area (Å²) in [5.41, 5.74) is 0.666. The highest BCUT2D eigenvalue weighted by Gasteiger charge is 2.27. The van der Waals surface area contributed by atoms with Crippen molar-refractivity contribution in [3.8, 4) is 5.75 Å². The molecule has 0 N–H and O–H groups in total. The molecule has 2 fully saturated rings. The summed E-state index contributed by atoms with van der Waals surface area (Å²) in [6.45, 7) is 14.2. The third kappa shape index (κ3) is 9.53. The van der Waals surface area contributed by atoms with Crippen molar-refractivity contribution in [3.63, 3.8) is 0 Å². The summed E-state index contributed by atoms with van der Waals surface area (Å²) in [5, 5.41) is 0. The Labute approximate surface area is 209 Å². The summed E-state index contributed by atoms with van der Waals surface area (Å²) >= 11 is 0. The highest BCUT2D eigenvalue weighted by molar-refractivity contribution is 5.71. The van der Waals surface area contributed by atoms with Crippen molar-refractivity contribution in [2.24, 2.45) is 0 Å². The molecule has 1 aromatic rings. The number of piperazine rings is 1. The van der Waals surface area contributed by atoms with Gasteiger partial charge in [-0.1, -0.05) is 24.3 Å². The molecule has 0 saturated carbocycles. The van der Waals surface area contributed by atoms with Gasteiger partial charge >= 0.3 is 12.1 Å². The minimum Gasteiger partial charge on any atom is -0.490 e. The molecule has 8 heteroatoms. The molecule has 8 nitrogen and oxygen atoms in total. The van der Waals surface area contributed by atoms with Crippen LogP contribution in [0.15, 0.2) is 30.3 Å². The Morgan fingerprint density at radius 1 is 0.971 bits per heavy atom. The third-order valence-corrected chi connectivity index (χ3v) is 6.07. The molecule has 35 heavy (non-hydrogen) atoms. The van der Waals surface area contributed by atoms with Crippen molar-refractivity contribution >= 4 is 18.1 Å². The van der Waals surface area contributed by atoms with Gasteiger partial charge in [0.05, 0.1) is 13.2 Å². The van der Waals surface area contributed by atoms with Gasteiger partial charge in [-0.05, 0) is 45.4 Å². The monoisotopic (exact) mass is 487 g/mol. The second kappa shape index (κ2) is 12.9. The molecule has 1 aromatic carbocycles. The highest BCUT2D eigenvalue weighted by Crippen LogP contribution is 2.21. The van der Waals surface area contributed by atoms with Crippen molar-refractivity contribution in [1.29, 1.82) is 0 Å². The van der Waals surface area contributed by atoms with Gasteiger partial charge < -0.3 is 19.1 Å². The van der Waals surface area contributed by atoms with E-state index in [9.17, 15) is 9.59 Å². The van der Waals surface area contributed by atoms with E-state index in [1.165, 1.54) is 0 Å². The van der Waals surface area contributed by atoms with E-state index in [0.29, 0.717) is 26.2 Å². The predicted molar refractivity (Wildman–Crippen MR) is 136 cm³/mol. The summed E-state index contributed by atoms with van der Waals surface area (Å²) in [5.74, 6) is 0.718. The van der Waals surface area contributed by atoms with E-state index in [-0.39, 0.29) is 18.2 Å². The molecule has 1 amide bonds. The zero-order chi connectivity index (χ0) is 25.3. The maximum Gasteiger partial charge on any atom is 0.410 e. The summed E-state index contributed by atoms with van der Waals surface area (Å²) in [4.78, 5) is 30.1. The van der Waals surface area contributed by atoms with Crippen LogP contribution in [-0.4, -0.2) is 97.4 Å². The number of hydrogen-bond donors (Lipinski definition) is 0. The number of amides is 1. The van der Waals surface area contributed by atoms with E-state index in [1.807, 2.05) is 39.8 Å². The van der Waals surface area contributed by atoms with Crippen LogP contribution in [0.4, 0.5) is 4.79 Å². The van der Waals surface area contributed by atoms with Gasteiger partial charge in [0, 0.05) is 58.7 Å². The Bertz CT molecular complexity index is 833. The SMILES string of the molecule is CCOC(=O)CN1CCN(C/C=C/c2ccc(OC3CCN(C(=O)OC(C)(C)C)CC3)cc2)CC1. The predicted octanol–water partition coefficient (Wildman–Crippen LogP) is 3.66. The number of hydrogen-bond acceptors (Lipinski definition) is 7. The zero-order valence-corrected chi connectivity index (χ0v) is 21.7. The van der Waals surface area contributed by atoms with Gasteiger partial charge in [-0.15, -0.1) is 0 Å². The Morgan fingerprint density at radius 2 is 1.60 bits per heavy atom.